The number of carbonyl (C=O) groups is 1. The Hall–Kier alpha value is -0.710. The molecule has 3 rings (SSSR count). The zero-order valence-electron chi connectivity index (χ0n) is 11.8. The van der Waals surface area contributed by atoms with E-state index in [4.69, 9.17) is 4.74 Å². The fraction of sp³-hybridized carbons (Fsp3) is 0.800. The predicted molar refractivity (Wildman–Crippen MR) is 69.5 cm³/mol. The second-order valence-corrected chi connectivity index (χ2v) is 6.90. The quantitative estimate of drug-likeness (QED) is 0.647. The second-order valence-electron chi connectivity index (χ2n) is 6.90. The Bertz CT molecular complexity index is 471. The first-order valence-electron chi connectivity index (χ1n) is 6.98. The molecule has 106 valence electrons. The molecule has 2 fully saturated rings. The molecule has 1 heterocycles. The molecule has 3 aliphatic rings. The van der Waals surface area contributed by atoms with Gasteiger partial charge in [-0.3, -0.25) is 4.79 Å². The summed E-state index contributed by atoms with van der Waals surface area (Å²) in [5.74, 6) is -0.115. The highest BCUT2D eigenvalue weighted by Crippen LogP contribution is 2.63. The normalized spacial score (nSPS) is 53.5. The van der Waals surface area contributed by atoms with Crippen LogP contribution in [0.2, 0.25) is 0 Å². The highest BCUT2D eigenvalue weighted by Gasteiger charge is 2.69. The number of hydrogen-bond donors (Lipinski definition) is 2. The molecule has 0 amide bonds. The second kappa shape index (κ2) is 3.68. The number of aliphatic hydroxyl groups excluding tert-OH is 1. The summed E-state index contributed by atoms with van der Waals surface area (Å²) in [6.45, 7) is 5.99. The average Bonchev–Trinajstić information content (AvgIpc) is 2.58. The van der Waals surface area contributed by atoms with Gasteiger partial charge in [0.1, 0.15) is 0 Å². The van der Waals surface area contributed by atoms with Crippen molar-refractivity contribution in [3.05, 3.63) is 11.6 Å². The Balaban J connectivity index is 2.11. The van der Waals surface area contributed by atoms with Crippen LogP contribution in [0.5, 0.6) is 0 Å². The van der Waals surface area contributed by atoms with Crippen LogP contribution in [0.4, 0.5) is 0 Å². The van der Waals surface area contributed by atoms with E-state index in [2.05, 4.69) is 0 Å². The number of Topliss-reactive ketones (excluding diaryl/α,β-unsaturated/α-hetero) is 1. The molecule has 0 aromatic rings. The first kappa shape index (κ1) is 13.3. The van der Waals surface area contributed by atoms with Gasteiger partial charge >= 0.3 is 0 Å². The van der Waals surface area contributed by atoms with Gasteiger partial charge in [0.25, 0.3) is 0 Å². The minimum absolute atomic E-state index is 0.0719. The maximum Gasteiger partial charge on any atom is 0.167 e. The van der Waals surface area contributed by atoms with Crippen molar-refractivity contribution < 1.29 is 19.7 Å². The molecule has 1 aliphatic heterocycles. The van der Waals surface area contributed by atoms with Crippen LogP contribution in [-0.2, 0) is 9.53 Å². The highest BCUT2D eigenvalue weighted by molar-refractivity contribution is 5.91. The number of carbonyl (C=O) groups excluding carboxylic acids is 1. The molecule has 0 bridgehead atoms. The average molecular weight is 266 g/mol. The molecule has 4 heteroatoms. The third-order valence-corrected chi connectivity index (χ3v) is 6.14. The number of rotatable bonds is 0. The Morgan fingerprint density at radius 2 is 2.11 bits per heavy atom. The number of ketones is 1. The Kier molecular flexibility index (Phi) is 2.58. The summed E-state index contributed by atoms with van der Waals surface area (Å²) in [7, 11) is 0. The topological polar surface area (TPSA) is 66.8 Å². The van der Waals surface area contributed by atoms with Crippen LogP contribution in [-0.4, -0.2) is 40.4 Å². The van der Waals surface area contributed by atoms with E-state index in [9.17, 15) is 15.0 Å². The summed E-state index contributed by atoms with van der Waals surface area (Å²) < 4.78 is 5.80. The van der Waals surface area contributed by atoms with E-state index in [-0.39, 0.29) is 18.5 Å². The lowest BCUT2D eigenvalue weighted by molar-refractivity contribution is -0.243. The van der Waals surface area contributed by atoms with Gasteiger partial charge in [0.2, 0.25) is 0 Å². The molecule has 1 saturated carbocycles. The standard InChI is InChI=1S/C15H22O4/c1-9-6-12-13(2,7-10(9)16)14(3)5-4-11(17)15(14,18)8-19-12/h6,10,12,16,18H,4-5,7-8H2,1-3H3/t10-,12-,13-,14+,15-/m0/s1. The highest BCUT2D eigenvalue weighted by atomic mass is 16.5. The van der Waals surface area contributed by atoms with Gasteiger partial charge < -0.3 is 14.9 Å². The summed E-state index contributed by atoms with van der Waals surface area (Å²) in [6.07, 6.45) is 2.91. The van der Waals surface area contributed by atoms with Gasteiger partial charge in [0.05, 0.1) is 18.8 Å². The van der Waals surface area contributed by atoms with Gasteiger partial charge in [-0.05, 0) is 25.3 Å². The van der Waals surface area contributed by atoms with Crippen LogP contribution in [0.3, 0.4) is 0 Å². The smallest absolute Gasteiger partial charge is 0.167 e. The summed E-state index contributed by atoms with van der Waals surface area (Å²) in [5.41, 5.74) is -1.42. The van der Waals surface area contributed by atoms with Crippen molar-refractivity contribution in [1.29, 1.82) is 0 Å². The zero-order valence-corrected chi connectivity index (χ0v) is 11.8. The van der Waals surface area contributed by atoms with Gasteiger partial charge in [0, 0.05) is 17.3 Å². The third-order valence-electron chi connectivity index (χ3n) is 6.14. The van der Waals surface area contributed by atoms with E-state index in [0.717, 1.165) is 5.57 Å². The number of ether oxygens (including phenoxy) is 1. The molecule has 19 heavy (non-hydrogen) atoms. The lowest BCUT2D eigenvalue weighted by Gasteiger charge is -2.59. The van der Waals surface area contributed by atoms with Crippen LogP contribution in [0.25, 0.3) is 0 Å². The van der Waals surface area contributed by atoms with Crippen LogP contribution >= 0.6 is 0 Å². The largest absolute Gasteiger partial charge is 0.389 e. The van der Waals surface area contributed by atoms with Crippen molar-refractivity contribution in [1.82, 2.24) is 0 Å². The minimum Gasteiger partial charge on any atom is -0.389 e. The summed E-state index contributed by atoms with van der Waals surface area (Å²) in [4.78, 5) is 12.1. The molecular weight excluding hydrogens is 244 g/mol. The van der Waals surface area contributed by atoms with E-state index in [0.29, 0.717) is 19.3 Å². The Morgan fingerprint density at radius 3 is 2.79 bits per heavy atom. The Morgan fingerprint density at radius 1 is 1.42 bits per heavy atom. The molecule has 1 saturated heterocycles. The first-order chi connectivity index (χ1) is 8.74. The SMILES string of the molecule is CC1=C[C@@H]2OC[C@]3(O)C(=O)CC[C@]3(C)[C@@]2(C)C[C@@H]1O. The predicted octanol–water partition coefficient (Wildman–Crippen LogP) is 1.20. The third kappa shape index (κ3) is 1.37. The van der Waals surface area contributed by atoms with E-state index in [1.165, 1.54) is 0 Å². The number of aliphatic hydroxyl groups is 2. The molecule has 4 nitrogen and oxygen atoms in total. The monoisotopic (exact) mass is 266 g/mol. The van der Waals surface area contributed by atoms with Gasteiger partial charge in [-0.2, -0.15) is 0 Å². The molecule has 2 aliphatic carbocycles. The maximum absolute atomic E-state index is 12.1. The fourth-order valence-electron chi connectivity index (χ4n) is 4.28. The molecule has 2 N–H and O–H groups in total. The lowest BCUT2D eigenvalue weighted by atomic mass is 9.51. The molecule has 0 aromatic carbocycles. The van der Waals surface area contributed by atoms with Gasteiger partial charge in [0.15, 0.2) is 11.4 Å². The summed E-state index contributed by atoms with van der Waals surface area (Å²) >= 11 is 0. The van der Waals surface area contributed by atoms with E-state index in [1.54, 1.807) is 0 Å². The zero-order chi connectivity index (χ0) is 14.1. The van der Waals surface area contributed by atoms with Crippen molar-refractivity contribution in [2.24, 2.45) is 10.8 Å². The van der Waals surface area contributed by atoms with Crippen molar-refractivity contribution in [3.63, 3.8) is 0 Å². The maximum atomic E-state index is 12.1. The van der Waals surface area contributed by atoms with Crippen molar-refractivity contribution >= 4 is 5.78 Å². The van der Waals surface area contributed by atoms with Gasteiger partial charge in [-0.1, -0.05) is 19.9 Å². The van der Waals surface area contributed by atoms with E-state index < -0.39 is 22.5 Å². The van der Waals surface area contributed by atoms with E-state index in [1.807, 2.05) is 26.8 Å². The van der Waals surface area contributed by atoms with Crippen LogP contribution in [0.1, 0.15) is 40.0 Å². The molecule has 0 spiro atoms. The first-order valence-corrected chi connectivity index (χ1v) is 6.98. The summed E-state index contributed by atoms with van der Waals surface area (Å²) in [6, 6.07) is 0. The van der Waals surface area contributed by atoms with Crippen LogP contribution in [0, 0.1) is 10.8 Å². The minimum atomic E-state index is -1.39. The molecule has 0 unspecified atom stereocenters. The van der Waals surface area contributed by atoms with Gasteiger partial charge in [-0.15, -0.1) is 0 Å². The lowest BCUT2D eigenvalue weighted by Crippen LogP contribution is -2.67. The molecule has 0 aromatic heterocycles. The van der Waals surface area contributed by atoms with Crippen LogP contribution in [0.15, 0.2) is 11.6 Å². The fourth-order valence-corrected chi connectivity index (χ4v) is 4.28. The van der Waals surface area contributed by atoms with E-state index >= 15 is 0 Å². The van der Waals surface area contributed by atoms with Crippen molar-refractivity contribution in [2.45, 2.75) is 57.8 Å². The molecule has 5 atom stereocenters. The van der Waals surface area contributed by atoms with Crippen molar-refractivity contribution in [3.8, 4) is 0 Å². The van der Waals surface area contributed by atoms with Gasteiger partial charge in [-0.25, -0.2) is 0 Å². The Labute approximate surface area is 113 Å². The summed E-state index contributed by atoms with van der Waals surface area (Å²) in [5, 5.41) is 21.0. The van der Waals surface area contributed by atoms with Crippen LogP contribution < -0.4 is 0 Å². The number of fused-ring (bicyclic) bond motifs is 3. The number of hydrogen-bond acceptors (Lipinski definition) is 4. The van der Waals surface area contributed by atoms with Crippen molar-refractivity contribution in [2.75, 3.05) is 6.61 Å². The molecular formula is C15H22O4. The molecule has 0 radical (unpaired) electrons.